The van der Waals surface area contributed by atoms with E-state index in [0.717, 1.165) is 22.7 Å². The number of fused-ring (bicyclic) bond motifs is 1. The van der Waals surface area contributed by atoms with Crippen LogP contribution < -0.4 is 5.32 Å². The first-order chi connectivity index (χ1) is 22.1. The number of esters is 2. The zero-order chi connectivity index (χ0) is 32.8. The van der Waals surface area contributed by atoms with Crippen molar-refractivity contribution in [2.24, 2.45) is 5.16 Å². The van der Waals surface area contributed by atoms with Crippen LogP contribution in [0.25, 0.3) is 0 Å². The van der Waals surface area contributed by atoms with Gasteiger partial charge in [0.2, 0.25) is 18.1 Å². The Hall–Kier alpha value is -4.82. The Bertz CT molecular complexity index is 1630. The van der Waals surface area contributed by atoms with Gasteiger partial charge in [0, 0.05) is 5.75 Å². The van der Waals surface area contributed by atoms with Crippen LogP contribution in [0.15, 0.2) is 95.3 Å². The summed E-state index contributed by atoms with van der Waals surface area (Å²) in [6, 6.07) is 17.6. The number of amides is 2. The summed E-state index contributed by atoms with van der Waals surface area (Å²) >= 11 is 2.34. The van der Waals surface area contributed by atoms with E-state index in [2.05, 4.69) is 26.4 Å². The van der Waals surface area contributed by atoms with Gasteiger partial charge in [0.1, 0.15) is 28.2 Å². The van der Waals surface area contributed by atoms with Gasteiger partial charge in [0.05, 0.1) is 0 Å². The van der Waals surface area contributed by atoms with E-state index in [1.54, 1.807) is 20.8 Å². The number of ether oxygens (including phenoxy) is 2. The molecule has 5 rings (SSSR count). The second-order valence-electron chi connectivity index (χ2n) is 11.1. The Morgan fingerprint density at radius 3 is 2.33 bits per heavy atom. The number of nitrogens with one attached hydrogen (secondary N) is 1. The number of benzene rings is 2. The third-order valence-electron chi connectivity index (χ3n) is 6.70. The highest BCUT2D eigenvalue weighted by molar-refractivity contribution is 8.00. The van der Waals surface area contributed by atoms with Gasteiger partial charge in [-0.15, -0.1) is 11.8 Å². The largest absolute Gasteiger partial charge is 0.457 e. The number of aromatic nitrogens is 2. The van der Waals surface area contributed by atoms with Crippen LogP contribution in [0.4, 0.5) is 0 Å². The molecular formula is C32H31N5O7S2. The molecule has 1 N–H and O–H groups in total. The molecule has 2 amide bonds. The second-order valence-corrected chi connectivity index (χ2v) is 12.8. The third kappa shape index (κ3) is 7.35. The normalized spacial score (nSPS) is 18.0. The fourth-order valence-electron chi connectivity index (χ4n) is 4.72. The molecule has 2 atom stereocenters. The lowest BCUT2D eigenvalue weighted by molar-refractivity contribution is -0.160. The fourth-order valence-corrected chi connectivity index (χ4v) is 6.49. The van der Waals surface area contributed by atoms with Crippen molar-refractivity contribution in [3.8, 4) is 0 Å². The minimum absolute atomic E-state index is 0.0439. The molecule has 0 saturated carbocycles. The number of hydrogen-bond acceptors (Lipinski definition) is 12. The van der Waals surface area contributed by atoms with Gasteiger partial charge in [0.25, 0.3) is 11.8 Å². The maximum absolute atomic E-state index is 13.8. The zero-order valence-electron chi connectivity index (χ0n) is 25.2. The second kappa shape index (κ2) is 14.1. The summed E-state index contributed by atoms with van der Waals surface area (Å²) in [4.78, 5) is 63.2. The summed E-state index contributed by atoms with van der Waals surface area (Å²) in [5, 5.41) is 5.84. The Morgan fingerprint density at radius 2 is 1.76 bits per heavy atom. The number of allylic oxidation sites excluding steroid dienone is 1. The number of β-lactam (4-membered cyclic amide) rings is 1. The van der Waals surface area contributed by atoms with Gasteiger partial charge in [-0.05, 0) is 49.0 Å². The smallest absolute Gasteiger partial charge is 0.356 e. The van der Waals surface area contributed by atoms with Gasteiger partial charge in [0.15, 0.2) is 6.10 Å². The minimum atomic E-state index is -1.000. The van der Waals surface area contributed by atoms with Gasteiger partial charge in [-0.1, -0.05) is 78.5 Å². The molecule has 1 unspecified atom stereocenters. The van der Waals surface area contributed by atoms with Gasteiger partial charge < -0.3 is 19.6 Å². The maximum Gasteiger partial charge on any atom is 0.356 e. The third-order valence-corrected chi connectivity index (χ3v) is 8.48. The van der Waals surface area contributed by atoms with Crippen molar-refractivity contribution >= 4 is 52.8 Å². The lowest BCUT2D eigenvalue weighted by Gasteiger charge is -2.49. The van der Waals surface area contributed by atoms with Crippen molar-refractivity contribution < 1.29 is 33.5 Å². The molecule has 2 aliphatic rings. The Balaban J connectivity index is 1.32. The Labute approximate surface area is 273 Å². The fraction of sp³-hybridized carbons (Fsp3) is 0.281. The molecule has 0 bridgehead atoms. The first-order valence-electron chi connectivity index (χ1n) is 14.2. The number of hydrogen-bond donors (Lipinski definition) is 1. The van der Waals surface area contributed by atoms with Gasteiger partial charge >= 0.3 is 11.9 Å². The number of nitrogens with zero attached hydrogens (tertiary/aromatic N) is 4. The summed E-state index contributed by atoms with van der Waals surface area (Å²) in [6.07, 6.45) is 0.804. The standard InChI is InChI=1S/C32H31N5O7S2/c1-5-19-17-45-30-24(34-28(39)23(27-33-18-46-36-27)35-42-16-22(38)44-32(2,3)4)29(40)37(30)25(19)31(41)43-26(20-12-8-6-9-13-20)21-14-10-7-11-15-21/h5-15,18,24,26,30H,1,16-17H2,2-4H3,(H,34,39)/b35-23-/t24?,30-/m1/s1. The van der Waals surface area contributed by atoms with E-state index >= 15 is 0 Å². The quantitative estimate of drug-likeness (QED) is 0.139. The van der Waals surface area contributed by atoms with Crippen molar-refractivity contribution in [2.45, 2.75) is 43.9 Å². The predicted octanol–water partition coefficient (Wildman–Crippen LogP) is 3.77. The molecule has 238 valence electrons. The van der Waals surface area contributed by atoms with Crippen LogP contribution in [0.5, 0.6) is 0 Å². The topological polar surface area (TPSA) is 149 Å². The van der Waals surface area contributed by atoms with Crippen molar-refractivity contribution in [3.63, 3.8) is 0 Å². The van der Waals surface area contributed by atoms with Crippen molar-refractivity contribution in [3.05, 3.63) is 107 Å². The summed E-state index contributed by atoms with van der Waals surface area (Å²) in [6.45, 7) is 8.40. The molecule has 12 nitrogen and oxygen atoms in total. The lowest BCUT2D eigenvalue weighted by atomic mass is 10.0. The molecule has 1 aromatic heterocycles. The van der Waals surface area contributed by atoms with Crippen LogP contribution >= 0.6 is 23.3 Å². The molecule has 1 fully saturated rings. The van der Waals surface area contributed by atoms with E-state index in [1.807, 2.05) is 60.7 Å². The average Bonchev–Trinajstić information content (AvgIpc) is 3.58. The van der Waals surface area contributed by atoms with Gasteiger partial charge in [-0.25, -0.2) is 14.6 Å². The van der Waals surface area contributed by atoms with E-state index in [1.165, 1.54) is 28.2 Å². The molecule has 2 aromatic carbocycles. The number of thioether (sulfide) groups is 1. The highest BCUT2D eigenvalue weighted by Crippen LogP contribution is 2.42. The van der Waals surface area contributed by atoms with E-state index < -0.39 is 53.5 Å². The molecule has 1 saturated heterocycles. The van der Waals surface area contributed by atoms with Crippen molar-refractivity contribution in [1.82, 2.24) is 19.6 Å². The van der Waals surface area contributed by atoms with Crippen LogP contribution in [0.3, 0.4) is 0 Å². The number of rotatable bonds is 11. The summed E-state index contributed by atoms with van der Waals surface area (Å²) < 4.78 is 15.3. The monoisotopic (exact) mass is 661 g/mol. The molecule has 14 heteroatoms. The molecule has 3 heterocycles. The van der Waals surface area contributed by atoms with Crippen LogP contribution in [0, 0.1) is 0 Å². The first kappa shape index (κ1) is 32.6. The van der Waals surface area contributed by atoms with Crippen LogP contribution in [-0.4, -0.2) is 73.1 Å². The summed E-state index contributed by atoms with van der Waals surface area (Å²) in [5.41, 5.74) is 2.48. The van der Waals surface area contributed by atoms with Gasteiger partial charge in [-0.3, -0.25) is 14.5 Å². The molecule has 3 aromatic rings. The molecule has 2 aliphatic heterocycles. The Kier molecular flexibility index (Phi) is 9.97. The number of carbonyl (C=O) groups is 4. The highest BCUT2D eigenvalue weighted by Gasteiger charge is 2.54. The van der Waals surface area contributed by atoms with E-state index in [0.29, 0.717) is 11.3 Å². The Morgan fingerprint density at radius 1 is 1.11 bits per heavy atom. The molecular weight excluding hydrogens is 631 g/mol. The minimum Gasteiger partial charge on any atom is -0.457 e. The van der Waals surface area contributed by atoms with Crippen molar-refractivity contribution in [2.75, 3.05) is 12.4 Å². The average molecular weight is 662 g/mol. The van der Waals surface area contributed by atoms with Gasteiger partial charge in [-0.2, -0.15) is 4.37 Å². The van der Waals surface area contributed by atoms with E-state index in [9.17, 15) is 19.2 Å². The number of carbonyl (C=O) groups excluding carboxylic acids is 4. The lowest BCUT2D eigenvalue weighted by Crippen LogP contribution is -2.71. The molecule has 46 heavy (non-hydrogen) atoms. The first-order valence-corrected chi connectivity index (χ1v) is 16.1. The van der Waals surface area contributed by atoms with Crippen LogP contribution in [0.1, 0.15) is 43.8 Å². The number of oxime groups is 1. The molecule has 0 spiro atoms. The summed E-state index contributed by atoms with van der Waals surface area (Å²) in [5.74, 6) is -2.39. The summed E-state index contributed by atoms with van der Waals surface area (Å²) in [7, 11) is 0. The molecule has 0 radical (unpaired) electrons. The molecule has 0 aliphatic carbocycles. The van der Waals surface area contributed by atoms with Crippen molar-refractivity contribution in [1.29, 1.82) is 0 Å². The van der Waals surface area contributed by atoms with Crippen LogP contribution in [-0.2, 0) is 33.5 Å². The zero-order valence-corrected chi connectivity index (χ0v) is 26.9. The maximum atomic E-state index is 13.8. The van der Waals surface area contributed by atoms with E-state index in [4.69, 9.17) is 14.3 Å². The predicted molar refractivity (Wildman–Crippen MR) is 171 cm³/mol. The van der Waals surface area contributed by atoms with E-state index in [-0.39, 0.29) is 17.2 Å². The van der Waals surface area contributed by atoms with Crippen LogP contribution in [0.2, 0.25) is 0 Å². The SMILES string of the molecule is C=CC1=C(C(=O)OC(c2ccccc2)c2ccccc2)N2C(=O)C(NC(=O)/C(=N\OCC(=O)OC(C)(C)C)c3ncsn3)[C@H]2SC1. The highest BCUT2D eigenvalue weighted by atomic mass is 32.2.